The lowest BCUT2D eigenvalue weighted by molar-refractivity contribution is -0.120. The quantitative estimate of drug-likeness (QED) is 0.575. The Morgan fingerprint density at radius 2 is 2.17 bits per heavy atom. The van der Waals surface area contributed by atoms with E-state index < -0.39 is 5.91 Å². The van der Waals surface area contributed by atoms with E-state index in [2.05, 4.69) is 15.6 Å². The van der Waals surface area contributed by atoms with Crippen molar-refractivity contribution >= 4 is 23.5 Å². The molecule has 0 saturated carbocycles. The summed E-state index contributed by atoms with van der Waals surface area (Å²) in [6, 6.07) is 15.5. The van der Waals surface area contributed by atoms with E-state index in [4.69, 9.17) is 5.26 Å². The van der Waals surface area contributed by atoms with Crippen LogP contribution in [-0.2, 0) is 4.79 Å². The summed E-state index contributed by atoms with van der Waals surface area (Å²) < 4.78 is 1.77. The molecule has 7 heteroatoms. The summed E-state index contributed by atoms with van der Waals surface area (Å²) in [4.78, 5) is 12.3. The van der Waals surface area contributed by atoms with Crippen molar-refractivity contribution in [2.24, 2.45) is 5.10 Å². The highest BCUT2D eigenvalue weighted by Gasteiger charge is 2.11. The van der Waals surface area contributed by atoms with Gasteiger partial charge in [-0.1, -0.05) is 24.3 Å². The molecule has 118 valence electrons. The molecule has 0 fully saturated rings. The summed E-state index contributed by atoms with van der Waals surface area (Å²) in [6.45, 7) is 0. The highest BCUT2D eigenvalue weighted by atomic mass is 32.1. The lowest BCUT2D eigenvalue weighted by atomic mass is 10.2. The molecule has 0 aliphatic carbocycles. The normalized spacial score (nSPS) is 10.6. The smallest absolute Gasteiger partial charge is 0.254 e. The zero-order valence-electron chi connectivity index (χ0n) is 12.6. The van der Waals surface area contributed by atoms with Crippen molar-refractivity contribution in [2.45, 2.75) is 6.42 Å². The van der Waals surface area contributed by atoms with Crippen LogP contribution in [0.1, 0.15) is 12.0 Å². The van der Waals surface area contributed by atoms with Gasteiger partial charge in [0.1, 0.15) is 12.1 Å². The van der Waals surface area contributed by atoms with Crippen LogP contribution in [0.25, 0.3) is 16.3 Å². The molecular weight excluding hydrogens is 322 g/mol. The van der Waals surface area contributed by atoms with Crippen LogP contribution in [-0.4, -0.2) is 21.9 Å². The third-order valence-electron chi connectivity index (χ3n) is 3.15. The average Bonchev–Trinajstić information content (AvgIpc) is 3.25. The van der Waals surface area contributed by atoms with Gasteiger partial charge in [-0.2, -0.15) is 15.5 Å². The van der Waals surface area contributed by atoms with Crippen molar-refractivity contribution in [1.82, 2.24) is 15.2 Å². The van der Waals surface area contributed by atoms with Gasteiger partial charge in [0.2, 0.25) is 0 Å². The molecule has 0 saturated heterocycles. The topological polar surface area (TPSA) is 83.1 Å². The molecule has 0 aliphatic heterocycles. The standard InChI is InChI=1S/C17H13N5OS/c18-9-8-16(23)20-19-11-13-12-22(14-5-2-1-3-6-14)21-17(13)15-7-4-10-24-15/h1-7,10-12H,8H2,(H,20,23). The molecule has 24 heavy (non-hydrogen) atoms. The number of hydrazone groups is 1. The second kappa shape index (κ2) is 7.35. The van der Waals surface area contributed by atoms with Gasteiger partial charge in [-0.3, -0.25) is 4.79 Å². The van der Waals surface area contributed by atoms with E-state index in [1.165, 1.54) is 6.21 Å². The van der Waals surface area contributed by atoms with E-state index in [0.29, 0.717) is 0 Å². The fourth-order valence-electron chi connectivity index (χ4n) is 2.08. The van der Waals surface area contributed by atoms with Crippen LogP contribution in [0.3, 0.4) is 0 Å². The van der Waals surface area contributed by atoms with Crippen LogP contribution < -0.4 is 5.43 Å². The largest absolute Gasteiger partial charge is 0.272 e. The second-order valence-corrected chi connectivity index (χ2v) is 5.77. The molecule has 1 amide bonds. The maximum atomic E-state index is 11.3. The zero-order valence-corrected chi connectivity index (χ0v) is 13.4. The second-order valence-electron chi connectivity index (χ2n) is 4.82. The number of hydrogen-bond donors (Lipinski definition) is 1. The predicted molar refractivity (Wildman–Crippen MR) is 92.8 cm³/mol. The lowest BCUT2D eigenvalue weighted by Gasteiger charge is -1.98. The first-order valence-electron chi connectivity index (χ1n) is 7.16. The third-order valence-corrected chi connectivity index (χ3v) is 4.03. The SMILES string of the molecule is N#CCC(=O)NN=Cc1cn(-c2ccccc2)nc1-c1cccs1. The van der Waals surface area contributed by atoms with Crippen molar-refractivity contribution in [3.05, 3.63) is 59.6 Å². The molecule has 0 bridgehead atoms. The number of thiophene rings is 1. The molecule has 6 nitrogen and oxygen atoms in total. The van der Waals surface area contributed by atoms with Gasteiger partial charge in [0.25, 0.3) is 5.91 Å². The summed E-state index contributed by atoms with van der Waals surface area (Å²) >= 11 is 1.58. The maximum Gasteiger partial charge on any atom is 0.254 e. The number of para-hydroxylation sites is 1. The summed E-state index contributed by atoms with van der Waals surface area (Å²) in [5.74, 6) is -0.443. The Morgan fingerprint density at radius 3 is 2.88 bits per heavy atom. The molecular formula is C17H13N5OS. The Kier molecular flexibility index (Phi) is 4.79. The number of nitriles is 1. The summed E-state index contributed by atoms with van der Waals surface area (Å²) in [6.07, 6.45) is 3.17. The number of aromatic nitrogens is 2. The number of nitrogens with zero attached hydrogens (tertiary/aromatic N) is 4. The molecule has 0 atom stereocenters. The van der Waals surface area contributed by atoms with Crippen LogP contribution >= 0.6 is 11.3 Å². The molecule has 2 heterocycles. The molecule has 3 aromatic rings. The fourth-order valence-corrected chi connectivity index (χ4v) is 2.82. The Hall–Kier alpha value is -3.24. The number of carbonyl (C=O) groups is 1. The summed E-state index contributed by atoms with van der Waals surface area (Å²) in [5.41, 5.74) is 4.82. The van der Waals surface area contributed by atoms with E-state index >= 15 is 0 Å². The van der Waals surface area contributed by atoms with E-state index in [0.717, 1.165) is 21.8 Å². The first-order valence-corrected chi connectivity index (χ1v) is 8.03. The number of carbonyl (C=O) groups excluding carboxylic acids is 1. The van der Waals surface area contributed by atoms with E-state index in [-0.39, 0.29) is 6.42 Å². The number of amides is 1. The third kappa shape index (κ3) is 3.56. The van der Waals surface area contributed by atoms with Crippen molar-refractivity contribution in [1.29, 1.82) is 5.26 Å². The van der Waals surface area contributed by atoms with Gasteiger partial charge in [0.15, 0.2) is 0 Å². The van der Waals surface area contributed by atoms with Gasteiger partial charge in [-0.15, -0.1) is 11.3 Å². The number of benzene rings is 1. The molecule has 3 rings (SSSR count). The minimum atomic E-state index is -0.443. The number of hydrogen-bond acceptors (Lipinski definition) is 5. The minimum Gasteiger partial charge on any atom is -0.272 e. The molecule has 0 radical (unpaired) electrons. The van der Waals surface area contributed by atoms with Crippen molar-refractivity contribution in [3.8, 4) is 22.3 Å². The molecule has 1 aromatic carbocycles. The van der Waals surface area contributed by atoms with Crippen LogP contribution in [0.5, 0.6) is 0 Å². The van der Waals surface area contributed by atoms with Gasteiger partial charge in [-0.25, -0.2) is 10.1 Å². The average molecular weight is 335 g/mol. The Morgan fingerprint density at radius 1 is 1.33 bits per heavy atom. The number of nitrogens with one attached hydrogen (secondary N) is 1. The monoisotopic (exact) mass is 335 g/mol. The summed E-state index contributed by atoms with van der Waals surface area (Å²) in [5, 5.41) is 19.0. The lowest BCUT2D eigenvalue weighted by Crippen LogP contribution is -2.16. The summed E-state index contributed by atoms with van der Waals surface area (Å²) in [7, 11) is 0. The number of rotatable bonds is 5. The van der Waals surface area contributed by atoms with Crippen molar-refractivity contribution < 1.29 is 4.79 Å². The van der Waals surface area contributed by atoms with Crippen LogP contribution in [0, 0.1) is 11.3 Å². The fraction of sp³-hybridized carbons (Fsp3) is 0.0588. The Balaban J connectivity index is 1.92. The first kappa shape index (κ1) is 15.6. The van der Waals surface area contributed by atoms with Gasteiger partial charge in [0.05, 0.1) is 22.8 Å². The minimum absolute atomic E-state index is 0.224. The molecule has 1 N–H and O–H groups in total. The van der Waals surface area contributed by atoms with Crippen molar-refractivity contribution in [3.63, 3.8) is 0 Å². The highest BCUT2D eigenvalue weighted by Crippen LogP contribution is 2.26. The highest BCUT2D eigenvalue weighted by molar-refractivity contribution is 7.13. The molecule has 0 aliphatic rings. The van der Waals surface area contributed by atoms with Crippen LogP contribution in [0.15, 0.2) is 59.1 Å². The van der Waals surface area contributed by atoms with Gasteiger partial charge < -0.3 is 0 Å². The van der Waals surface area contributed by atoms with E-state index in [1.54, 1.807) is 22.1 Å². The first-order chi connectivity index (χ1) is 11.8. The van der Waals surface area contributed by atoms with Crippen LogP contribution in [0.2, 0.25) is 0 Å². The van der Waals surface area contributed by atoms with Gasteiger partial charge in [0, 0.05) is 11.8 Å². The van der Waals surface area contributed by atoms with Crippen LogP contribution in [0.4, 0.5) is 0 Å². The van der Waals surface area contributed by atoms with Gasteiger partial charge in [-0.05, 0) is 23.6 Å². The predicted octanol–water partition coefficient (Wildman–Crippen LogP) is 2.96. The maximum absolute atomic E-state index is 11.3. The van der Waals surface area contributed by atoms with E-state index in [1.807, 2.05) is 54.0 Å². The molecule has 2 aromatic heterocycles. The molecule has 0 unspecified atom stereocenters. The van der Waals surface area contributed by atoms with E-state index in [9.17, 15) is 4.79 Å². The van der Waals surface area contributed by atoms with Gasteiger partial charge >= 0.3 is 0 Å². The van der Waals surface area contributed by atoms with Crippen molar-refractivity contribution in [2.75, 3.05) is 0 Å². The Labute approximate surface area is 142 Å². The molecule has 0 spiro atoms. The zero-order chi connectivity index (χ0) is 16.8. The Bertz CT molecular complexity index is 891.